The Hall–Kier alpha value is -1.80. The number of likely N-dealkylation sites (tertiary alicyclic amines) is 1. The Labute approximate surface area is 181 Å². The lowest BCUT2D eigenvalue weighted by atomic mass is 9.94. The number of hydrogen-bond donors (Lipinski definition) is 1. The molecule has 8 nitrogen and oxygen atoms in total. The van der Waals surface area contributed by atoms with Crippen molar-refractivity contribution in [1.82, 2.24) is 19.9 Å². The van der Waals surface area contributed by atoms with E-state index in [1.807, 2.05) is 34.6 Å². The summed E-state index contributed by atoms with van der Waals surface area (Å²) in [5.41, 5.74) is 0.260. The number of rotatable bonds is 10. The SMILES string of the molecule is CC(C)CCOC(C)(C)Cn1cc(CN2C(=O)CC(C(C)C)C2=O)nn1.CCCO. The summed E-state index contributed by atoms with van der Waals surface area (Å²) in [6.45, 7) is 16.0. The molecule has 1 fully saturated rings. The molecule has 1 aromatic heterocycles. The Balaban J connectivity index is 0.00000103. The van der Waals surface area contributed by atoms with E-state index in [0.29, 0.717) is 37.8 Å². The summed E-state index contributed by atoms with van der Waals surface area (Å²) in [5, 5.41) is 16.1. The Morgan fingerprint density at radius 3 is 2.40 bits per heavy atom. The molecule has 30 heavy (non-hydrogen) atoms. The number of aliphatic hydroxyl groups excluding tert-OH is 1. The molecule has 0 bridgehead atoms. The van der Waals surface area contributed by atoms with Crippen LogP contribution in [0.4, 0.5) is 0 Å². The van der Waals surface area contributed by atoms with Gasteiger partial charge in [0.25, 0.3) is 0 Å². The minimum Gasteiger partial charge on any atom is -0.396 e. The number of amides is 2. The molecule has 1 unspecified atom stereocenters. The van der Waals surface area contributed by atoms with Crippen molar-refractivity contribution in [2.75, 3.05) is 13.2 Å². The molecule has 2 rings (SSSR count). The maximum absolute atomic E-state index is 12.4. The van der Waals surface area contributed by atoms with Gasteiger partial charge in [0.1, 0.15) is 5.69 Å². The van der Waals surface area contributed by atoms with Crippen LogP contribution in [0.5, 0.6) is 0 Å². The van der Waals surface area contributed by atoms with Crippen molar-refractivity contribution >= 4 is 11.8 Å². The molecule has 2 heterocycles. The molecular weight excluding hydrogens is 384 g/mol. The van der Waals surface area contributed by atoms with Gasteiger partial charge in [0.2, 0.25) is 11.8 Å². The third-order valence-electron chi connectivity index (χ3n) is 4.94. The summed E-state index contributed by atoms with van der Waals surface area (Å²) in [6, 6.07) is 0. The van der Waals surface area contributed by atoms with E-state index in [4.69, 9.17) is 9.84 Å². The predicted octanol–water partition coefficient (Wildman–Crippen LogP) is 3.04. The van der Waals surface area contributed by atoms with Gasteiger partial charge in [0.15, 0.2) is 0 Å². The van der Waals surface area contributed by atoms with Crippen LogP contribution >= 0.6 is 0 Å². The Bertz CT molecular complexity index is 668. The normalized spacial score (nSPS) is 17.1. The maximum Gasteiger partial charge on any atom is 0.233 e. The summed E-state index contributed by atoms with van der Waals surface area (Å²) < 4.78 is 7.67. The predicted molar refractivity (Wildman–Crippen MR) is 115 cm³/mol. The Morgan fingerprint density at radius 1 is 1.27 bits per heavy atom. The number of ether oxygens (including phenoxy) is 1. The van der Waals surface area contributed by atoms with Crippen molar-refractivity contribution in [1.29, 1.82) is 0 Å². The molecule has 0 radical (unpaired) electrons. The van der Waals surface area contributed by atoms with E-state index in [1.54, 1.807) is 10.9 Å². The molecule has 1 aliphatic rings. The molecule has 172 valence electrons. The van der Waals surface area contributed by atoms with Gasteiger partial charge in [-0.05, 0) is 38.5 Å². The lowest BCUT2D eigenvalue weighted by Gasteiger charge is -2.25. The van der Waals surface area contributed by atoms with Crippen molar-refractivity contribution in [2.45, 2.75) is 86.4 Å². The van der Waals surface area contributed by atoms with Gasteiger partial charge in [-0.1, -0.05) is 39.8 Å². The minimum absolute atomic E-state index is 0.100. The van der Waals surface area contributed by atoms with Crippen LogP contribution in [0.1, 0.15) is 73.4 Å². The average Bonchev–Trinajstić information content (AvgIpc) is 3.20. The first-order valence-electron chi connectivity index (χ1n) is 11.0. The molecule has 2 amide bonds. The summed E-state index contributed by atoms with van der Waals surface area (Å²) in [7, 11) is 0. The number of aliphatic hydroxyl groups is 1. The number of carbonyl (C=O) groups excluding carboxylic acids is 2. The minimum atomic E-state index is -0.359. The molecule has 1 aliphatic heterocycles. The molecule has 1 N–H and O–H groups in total. The molecule has 8 heteroatoms. The van der Waals surface area contributed by atoms with E-state index in [2.05, 4.69) is 24.2 Å². The second kappa shape index (κ2) is 12.2. The van der Waals surface area contributed by atoms with Crippen LogP contribution in [0.3, 0.4) is 0 Å². The number of carbonyl (C=O) groups is 2. The van der Waals surface area contributed by atoms with Crippen LogP contribution in [0.15, 0.2) is 6.20 Å². The molecule has 1 saturated heterocycles. The summed E-state index contributed by atoms with van der Waals surface area (Å²) in [4.78, 5) is 25.9. The number of nitrogens with zero attached hydrogens (tertiary/aromatic N) is 4. The van der Waals surface area contributed by atoms with E-state index in [0.717, 1.165) is 12.8 Å². The lowest BCUT2D eigenvalue weighted by Crippen LogP contribution is -2.32. The summed E-state index contributed by atoms with van der Waals surface area (Å²) in [6.07, 6.45) is 3.97. The van der Waals surface area contributed by atoms with Crippen LogP contribution in [0, 0.1) is 17.8 Å². The topological polar surface area (TPSA) is 97.6 Å². The van der Waals surface area contributed by atoms with E-state index < -0.39 is 0 Å². The van der Waals surface area contributed by atoms with E-state index in [9.17, 15) is 9.59 Å². The zero-order valence-electron chi connectivity index (χ0n) is 19.7. The molecule has 0 saturated carbocycles. The molecular formula is C22H40N4O4. The zero-order valence-corrected chi connectivity index (χ0v) is 19.7. The molecule has 1 aromatic rings. The van der Waals surface area contributed by atoms with E-state index in [-0.39, 0.29) is 35.8 Å². The molecule has 0 aliphatic carbocycles. The Morgan fingerprint density at radius 2 is 1.90 bits per heavy atom. The van der Waals surface area contributed by atoms with Gasteiger partial charge in [0.05, 0.1) is 24.9 Å². The highest BCUT2D eigenvalue weighted by Gasteiger charge is 2.40. The third kappa shape index (κ3) is 8.52. The monoisotopic (exact) mass is 424 g/mol. The van der Waals surface area contributed by atoms with Gasteiger partial charge < -0.3 is 9.84 Å². The van der Waals surface area contributed by atoms with Crippen LogP contribution in [0.25, 0.3) is 0 Å². The van der Waals surface area contributed by atoms with Crippen molar-refractivity contribution in [2.24, 2.45) is 17.8 Å². The van der Waals surface area contributed by atoms with Crippen molar-refractivity contribution in [3.05, 3.63) is 11.9 Å². The Kier molecular flexibility index (Phi) is 10.6. The highest BCUT2D eigenvalue weighted by molar-refractivity contribution is 6.03. The number of imide groups is 1. The summed E-state index contributed by atoms with van der Waals surface area (Å²) in [5.74, 6) is 0.327. The first-order chi connectivity index (χ1) is 14.0. The fourth-order valence-corrected chi connectivity index (χ4v) is 3.05. The fraction of sp³-hybridized carbons (Fsp3) is 0.818. The first-order valence-corrected chi connectivity index (χ1v) is 11.0. The third-order valence-corrected chi connectivity index (χ3v) is 4.94. The summed E-state index contributed by atoms with van der Waals surface area (Å²) >= 11 is 0. The van der Waals surface area contributed by atoms with Crippen LogP contribution < -0.4 is 0 Å². The number of aromatic nitrogens is 3. The first kappa shape index (κ1) is 26.2. The maximum atomic E-state index is 12.4. The van der Waals surface area contributed by atoms with Gasteiger partial charge in [-0.2, -0.15) is 0 Å². The van der Waals surface area contributed by atoms with Gasteiger partial charge in [-0.15, -0.1) is 5.10 Å². The molecule has 0 aromatic carbocycles. The highest BCUT2D eigenvalue weighted by Crippen LogP contribution is 2.27. The van der Waals surface area contributed by atoms with Crippen molar-refractivity contribution in [3.63, 3.8) is 0 Å². The van der Waals surface area contributed by atoms with Crippen molar-refractivity contribution in [3.8, 4) is 0 Å². The molecule has 0 spiro atoms. The lowest BCUT2D eigenvalue weighted by molar-refractivity contribution is -0.140. The van der Waals surface area contributed by atoms with Gasteiger partial charge in [0, 0.05) is 25.6 Å². The largest absolute Gasteiger partial charge is 0.396 e. The van der Waals surface area contributed by atoms with Crippen LogP contribution in [-0.4, -0.2) is 55.6 Å². The number of hydrogen-bond acceptors (Lipinski definition) is 6. The van der Waals surface area contributed by atoms with Gasteiger partial charge in [-0.3, -0.25) is 14.5 Å². The zero-order chi connectivity index (χ0) is 22.9. The van der Waals surface area contributed by atoms with Crippen LogP contribution in [-0.2, 0) is 27.4 Å². The quantitative estimate of drug-likeness (QED) is 0.580. The van der Waals surface area contributed by atoms with Gasteiger partial charge in [-0.25, -0.2) is 4.68 Å². The second-order valence-corrected chi connectivity index (χ2v) is 9.29. The van der Waals surface area contributed by atoms with Crippen molar-refractivity contribution < 1.29 is 19.4 Å². The van der Waals surface area contributed by atoms with Gasteiger partial charge >= 0.3 is 0 Å². The van der Waals surface area contributed by atoms with E-state index >= 15 is 0 Å². The van der Waals surface area contributed by atoms with Crippen LogP contribution in [0.2, 0.25) is 0 Å². The smallest absolute Gasteiger partial charge is 0.233 e. The average molecular weight is 425 g/mol. The van der Waals surface area contributed by atoms with E-state index in [1.165, 1.54) is 4.90 Å². The fourth-order valence-electron chi connectivity index (χ4n) is 3.05. The standard InChI is InChI=1S/C19H32N4O3.C3H8O/c1-13(2)7-8-26-19(5,6)12-22-10-15(20-21-22)11-23-17(24)9-16(14(3)4)18(23)25;1-2-3-4/h10,13-14,16H,7-9,11-12H2,1-6H3;4H,2-3H2,1H3. The second-order valence-electron chi connectivity index (χ2n) is 9.29. The highest BCUT2D eigenvalue weighted by atomic mass is 16.5. The molecule has 1 atom stereocenters.